The Bertz CT molecular complexity index is 1100. The minimum Gasteiger partial charge on any atom is -0.203 e. The van der Waals surface area contributed by atoms with Gasteiger partial charge >= 0.3 is 0 Å². The first-order chi connectivity index (χ1) is 17.4. The molecule has 0 saturated heterocycles. The molecule has 4 rings (SSSR count). The summed E-state index contributed by atoms with van der Waals surface area (Å²) < 4.78 is 60.0. The Morgan fingerprint density at radius 3 is 2.08 bits per heavy atom. The zero-order valence-corrected chi connectivity index (χ0v) is 21.5. The fraction of sp³-hybridized carbons (Fsp3) is 0.500. The highest BCUT2D eigenvalue weighted by atomic mass is 19.2. The van der Waals surface area contributed by atoms with E-state index in [0.29, 0.717) is 30.2 Å². The van der Waals surface area contributed by atoms with E-state index in [1.165, 1.54) is 37.5 Å². The second kappa shape index (κ2) is 12.3. The van der Waals surface area contributed by atoms with Crippen LogP contribution < -0.4 is 0 Å². The van der Waals surface area contributed by atoms with Gasteiger partial charge in [-0.1, -0.05) is 55.0 Å². The first-order valence-corrected chi connectivity index (χ1v) is 13.6. The zero-order valence-electron chi connectivity index (χ0n) is 21.5. The van der Waals surface area contributed by atoms with Gasteiger partial charge in [0.15, 0.2) is 23.3 Å². The number of hydrogen-bond donors (Lipinski definition) is 0. The summed E-state index contributed by atoms with van der Waals surface area (Å²) in [6.07, 6.45) is 17.8. The van der Waals surface area contributed by atoms with Crippen molar-refractivity contribution in [3.63, 3.8) is 0 Å². The summed E-state index contributed by atoms with van der Waals surface area (Å²) in [4.78, 5) is 0. The van der Waals surface area contributed by atoms with Crippen molar-refractivity contribution in [2.24, 2.45) is 17.8 Å². The molecule has 36 heavy (non-hydrogen) atoms. The molecule has 4 unspecified atom stereocenters. The molecule has 0 aliphatic heterocycles. The normalized spacial score (nSPS) is 24.5. The van der Waals surface area contributed by atoms with Crippen molar-refractivity contribution in [2.75, 3.05) is 0 Å². The monoisotopic (exact) mass is 498 g/mol. The van der Waals surface area contributed by atoms with Crippen LogP contribution in [0.2, 0.25) is 0 Å². The Kier molecular flexibility index (Phi) is 9.09. The van der Waals surface area contributed by atoms with Gasteiger partial charge in [-0.25, -0.2) is 17.6 Å². The van der Waals surface area contributed by atoms with E-state index in [0.717, 1.165) is 38.0 Å². The van der Waals surface area contributed by atoms with Crippen molar-refractivity contribution in [1.82, 2.24) is 0 Å². The van der Waals surface area contributed by atoms with Crippen LogP contribution in [0.1, 0.15) is 88.7 Å². The van der Waals surface area contributed by atoms with E-state index < -0.39 is 23.3 Å². The smallest absolute Gasteiger partial charge is 0.167 e. The van der Waals surface area contributed by atoms with Crippen LogP contribution in [-0.4, -0.2) is 0 Å². The third-order valence-corrected chi connectivity index (χ3v) is 8.52. The van der Waals surface area contributed by atoms with E-state index in [9.17, 15) is 8.78 Å². The van der Waals surface area contributed by atoms with Gasteiger partial charge in [-0.2, -0.15) is 0 Å². The molecule has 194 valence electrons. The summed E-state index contributed by atoms with van der Waals surface area (Å²) >= 11 is 0. The standard InChI is InChI=1S/C32H38F4/c1-3-5-7-9-21-11-12-24-20-25(14-13-23(24)19-21)26-17-18-28(32(36)30(26)34)27-16-15-22(10-8-6-4-2)29(33)31(27)35/h3-6,15-18,21,23-25H,7-14,19-20H2,1-2H3/b5-3+,6-4+. The number of hydrogen-bond acceptors (Lipinski definition) is 0. The molecular formula is C32H38F4. The second-order valence-electron chi connectivity index (χ2n) is 10.7. The van der Waals surface area contributed by atoms with E-state index >= 15 is 8.78 Å². The maximum Gasteiger partial charge on any atom is 0.167 e. The van der Waals surface area contributed by atoms with E-state index in [4.69, 9.17) is 0 Å². The zero-order chi connectivity index (χ0) is 25.7. The number of rotatable bonds is 8. The minimum atomic E-state index is -1.12. The van der Waals surface area contributed by atoms with Crippen LogP contribution in [0.4, 0.5) is 17.6 Å². The van der Waals surface area contributed by atoms with E-state index in [1.54, 1.807) is 6.07 Å². The summed E-state index contributed by atoms with van der Waals surface area (Å²) in [6.45, 7) is 3.93. The van der Waals surface area contributed by atoms with Gasteiger partial charge in [0.1, 0.15) is 0 Å². The van der Waals surface area contributed by atoms with E-state index in [1.807, 2.05) is 19.1 Å². The highest BCUT2D eigenvalue weighted by molar-refractivity contribution is 5.66. The lowest BCUT2D eigenvalue weighted by Gasteiger charge is -2.42. The van der Waals surface area contributed by atoms with E-state index in [-0.39, 0.29) is 22.6 Å². The maximum absolute atomic E-state index is 15.3. The molecule has 2 saturated carbocycles. The van der Waals surface area contributed by atoms with Gasteiger partial charge in [0, 0.05) is 11.1 Å². The number of benzene rings is 2. The minimum absolute atomic E-state index is 0.0232. The van der Waals surface area contributed by atoms with Gasteiger partial charge < -0.3 is 0 Å². The van der Waals surface area contributed by atoms with Crippen molar-refractivity contribution in [3.05, 3.63) is 83.0 Å². The topological polar surface area (TPSA) is 0 Å². The molecule has 0 N–H and O–H groups in total. The van der Waals surface area contributed by atoms with Gasteiger partial charge in [-0.15, -0.1) is 0 Å². The molecule has 2 aromatic rings. The van der Waals surface area contributed by atoms with Gasteiger partial charge in [-0.3, -0.25) is 0 Å². The fourth-order valence-corrected chi connectivity index (χ4v) is 6.51. The molecule has 0 heterocycles. The molecule has 4 heteroatoms. The molecular weight excluding hydrogens is 460 g/mol. The average Bonchev–Trinajstić information content (AvgIpc) is 2.88. The van der Waals surface area contributed by atoms with Crippen LogP contribution in [0, 0.1) is 41.0 Å². The molecule has 2 fully saturated rings. The fourth-order valence-electron chi connectivity index (χ4n) is 6.51. The van der Waals surface area contributed by atoms with E-state index in [2.05, 4.69) is 19.1 Å². The summed E-state index contributed by atoms with van der Waals surface area (Å²) in [5, 5.41) is 0. The summed E-state index contributed by atoms with van der Waals surface area (Å²) in [5.41, 5.74) is 0.169. The molecule has 0 bridgehead atoms. The molecule has 2 aliphatic rings. The molecule has 0 spiro atoms. The molecule has 0 aromatic heterocycles. The molecule has 0 nitrogen and oxygen atoms in total. The second-order valence-corrected chi connectivity index (χ2v) is 10.7. The Balaban J connectivity index is 1.48. The van der Waals surface area contributed by atoms with Crippen LogP contribution in [0.5, 0.6) is 0 Å². The molecule has 2 aromatic carbocycles. The quantitative estimate of drug-likeness (QED) is 0.251. The lowest BCUT2D eigenvalue weighted by Crippen LogP contribution is -2.30. The van der Waals surface area contributed by atoms with Crippen molar-refractivity contribution < 1.29 is 17.6 Å². The number of fused-ring (bicyclic) bond motifs is 1. The van der Waals surface area contributed by atoms with Crippen LogP contribution in [0.3, 0.4) is 0 Å². The highest BCUT2D eigenvalue weighted by Crippen LogP contribution is 2.49. The van der Waals surface area contributed by atoms with Crippen molar-refractivity contribution in [2.45, 2.75) is 84.0 Å². The number of halogens is 4. The van der Waals surface area contributed by atoms with Gasteiger partial charge in [-0.05, 0) is 106 Å². The molecule has 4 atom stereocenters. The largest absolute Gasteiger partial charge is 0.203 e. The maximum atomic E-state index is 15.3. The lowest BCUT2D eigenvalue weighted by molar-refractivity contribution is 0.114. The Labute approximate surface area is 213 Å². The predicted molar refractivity (Wildman–Crippen MR) is 140 cm³/mol. The average molecular weight is 499 g/mol. The van der Waals surface area contributed by atoms with Crippen LogP contribution in [0.25, 0.3) is 11.1 Å². The van der Waals surface area contributed by atoms with Crippen molar-refractivity contribution in [3.8, 4) is 11.1 Å². The summed E-state index contributed by atoms with van der Waals surface area (Å²) in [7, 11) is 0. The first-order valence-electron chi connectivity index (χ1n) is 13.6. The summed E-state index contributed by atoms with van der Waals surface area (Å²) in [5.74, 6) is -2.10. The molecule has 2 aliphatic carbocycles. The predicted octanol–water partition coefficient (Wildman–Crippen LogP) is 10.1. The Morgan fingerprint density at radius 2 is 1.33 bits per heavy atom. The summed E-state index contributed by atoms with van der Waals surface area (Å²) in [6, 6.07) is 5.85. The molecule has 0 amide bonds. The highest BCUT2D eigenvalue weighted by Gasteiger charge is 2.37. The first kappa shape index (κ1) is 26.7. The third kappa shape index (κ3) is 5.79. The number of allylic oxidation sites excluding steroid dienone is 4. The molecule has 0 radical (unpaired) electrons. The van der Waals surface area contributed by atoms with Crippen LogP contribution >= 0.6 is 0 Å². The van der Waals surface area contributed by atoms with Crippen LogP contribution in [-0.2, 0) is 6.42 Å². The van der Waals surface area contributed by atoms with Gasteiger partial charge in [0.25, 0.3) is 0 Å². The Hall–Kier alpha value is -2.36. The van der Waals surface area contributed by atoms with Gasteiger partial charge in [0.05, 0.1) is 0 Å². The van der Waals surface area contributed by atoms with Crippen LogP contribution in [0.15, 0.2) is 48.6 Å². The lowest BCUT2D eigenvalue weighted by atomic mass is 9.63. The SMILES string of the molecule is C/C=C/CCc1ccc(-c2ccc(C3CCC4CC(CC/C=C/C)CCC4C3)c(F)c2F)c(F)c1F. The Morgan fingerprint density at radius 1 is 0.694 bits per heavy atom. The van der Waals surface area contributed by atoms with Crippen molar-refractivity contribution >= 4 is 0 Å². The third-order valence-electron chi connectivity index (χ3n) is 8.52. The van der Waals surface area contributed by atoms with Crippen molar-refractivity contribution in [1.29, 1.82) is 0 Å². The van der Waals surface area contributed by atoms with Gasteiger partial charge in [0.2, 0.25) is 0 Å². The number of aryl methyl sites for hydroxylation is 1.